The maximum Gasteiger partial charge on any atom is 0.239 e. The molecule has 0 aliphatic rings. The molecule has 21 heavy (non-hydrogen) atoms. The van der Waals surface area contributed by atoms with Gasteiger partial charge in [0, 0.05) is 19.8 Å². The predicted octanol–water partition coefficient (Wildman–Crippen LogP) is 0.416. The predicted molar refractivity (Wildman–Crippen MR) is 81.8 cm³/mol. The monoisotopic (exact) mass is 314 g/mol. The molecule has 0 fully saturated rings. The summed E-state index contributed by atoms with van der Waals surface area (Å²) in [6, 6.07) is 6.56. The first-order chi connectivity index (χ1) is 9.73. The third-order valence-electron chi connectivity index (χ3n) is 3.07. The Hall–Kier alpha value is -1.60. The molecule has 1 atom stereocenters. The third-order valence-corrected chi connectivity index (χ3v) is 4.05. The zero-order chi connectivity index (χ0) is 16.0. The van der Waals surface area contributed by atoms with E-state index in [4.69, 9.17) is 10.5 Å². The second-order valence-electron chi connectivity index (χ2n) is 5.07. The highest BCUT2D eigenvalue weighted by Crippen LogP contribution is 2.13. The Morgan fingerprint density at radius 1 is 1.33 bits per heavy atom. The smallest absolute Gasteiger partial charge is 0.239 e. The number of carbonyl (C=O) groups is 1. The SMILES string of the molecule is COc1ccc(CN(C)C(=O)C(N)CCS(C)(=O)=O)cc1. The van der Waals surface area contributed by atoms with E-state index >= 15 is 0 Å². The molecule has 0 aromatic heterocycles. The standard InChI is InChI=1S/C14H22N2O4S/c1-16(10-11-4-6-12(20-2)7-5-11)14(17)13(15)8-9-21(3,18)19/h4-7,13H,8-10,15H2,1-3H3. The molecular weight excluding hydrogens is 292 g/mol. The lowest BCUT2D eigenvalue weighted by Gasteiger charge is -2.21. The molecule has 2 N–H and O–H groups in total. The fourth-order valence-corrected chi connectivity index (χ4v) is 2.51. The van der Waals surface area contributed by atoms with Gasteiger partial charge in [-0.3, -0.25) is 4.79 Å². The minimum absolute atomic E-state index is 0.0870. The van der Waals surface area contributed by atoms with E-state index in [1.165, 1.54) is 4.90 Å². The zero-order valence-corrected chi connectivity index (χ0v) is 13.4. The molecule has 7 heteroatoms. The summed E-state index contributed by atoms with van der Waals surface area (Å²) in [7, 11) is 0.125. The highest BCUT2D eigenvalue weighted by molar-refractivity contribution is 7.90. The van der Waals surface area contributed by atoms with E-state index in [0.29, 0.717) is 6.54 Å². The highest BCUT2D eigenvalue weighted by Gasteiger charge is 2.19. The summed E-state index contributed by atoms with van der Waals surface area (Å²) in [5.74, 6) is 0.392. The number of carbonyl (C=O) groups excluding carboxylic acids is 1. The van der Waals surface area contributed by atoms with Gasteiger partial charge in [-0.15, -0.1) is 0 Å². The number of methoxy groups -OCH3 is 1. The largest absolute Gasteiger partial charge is 0.497 e. The van der Waals surface area contributed by atoms with Crippen molar-refractivity contribution in [2.45, 2.75) is 19.0 Å². The third kappa shape index (κ3) is 6.14. The van der Waals surface area contributed by atoms with Crippen LogP contribution >= 0.6 is 0 Å². The molecule has 0 heterocycles. The van der Waals surface area contributed by atoms with Crippen molar-refractivity contribution in [1.82, 2.24) is 4.90 Å². The van der Waals surface area contributed by atoms with Crippen LogP contribution < -0.4 is 10.5 Å². The van der Waals surface area contributed by atoms with Gasteiger partial charge >= 0.3 is 0 Å². The lowest BCUT2D eigenvalue weighted by molar-refractivity contribution is -0.131. The van der Waals surface area contributed by atoms with Gasteiger partial charge in [-0.1, -0.05) is 12.1 Å². The fourth-order valence-electron chi connectivity index (χ4n) is 1.83. The van der Waals surface area contributed by atoms with Gasteiger partial charge in [-0.2, -0.15) is 0 Å². The van der Waals surface area contributed by atoms with Gasteiger partial charge in [0.2, 0.25) is 5.91 Å². The average Bonchev–Trinajstić information content (AvgIpc) is 2.43. The van der Waals surface area contributed by atoms with Crippen molar-refractivity contribution in [3.63, 3.8) is 0 Å². The molecule has 0 aliphatic heterocycles. The summed E-state index contributed by atoms with van der Waals surface area (Å²) in [5.41, 5.74) is 6.70. The minimum atomic E-state index is -3.11. The molecule has 0 saturated heterocycles. The van der Waals surface area contributed by atoms with E-state index in [-0.39, 0.29) is 18.1 Å². The molecule has 0 spiro atoms. The maximum absolute atomic E-state index is 12.1. The van der Waals surface area contributed by atoms with Crippen LogP contribution in [0.25, 0.3) is 0 Å². The lowest BCUT2D eigenvalue weighted by atomic mass is 10.1. The van der Waals surface area contributed by atoms with Crippen molar-refractivity contribution < 1.29 is 17.9 Å². The molecule has 0 bridgehead atoms. The average molecular weight is 314 g/mol. The normalized spacial score (nSPS) is 12.8. The number of benzene rings is 1. The molecule has 0 radical (unpaired) electrons. The Morgan fingerprint density at radius 3 is 2.38 bits per heavy atom. The number of rotatable bonds is 7. The van der Waals surface area contributed by atoms with E-state index in [2.05, 4.69) is 0 Å². The van der Waals surface area contributed by atoms with Gasteiger partial charge in [0.1, 0.15) is 15.6 Å². The summed E-state index contributed by atoms with van der Waals surface area (Å²) in [6.45, 7) is 0.412. The Labute approximate surface area is 125 Å². The van der Waals surface area contributed by atoms with E-state index in [9.17, 15) is 13.2 Å². The van der Waals surface area contributed by atoms with Gasteiger partial charge in [0.15, 0.2) is 0 Å². The van der Waals surface area contributed by atoms with Crippen molar-refractivity contribution in [1.29, 1.82) is 0 Å². The summed E-state index contributed by atoms with van der Waals surface area (Å²) in [4.78, 5) is 13.6. The van der Waals surface area contributed by atoms with Gasteiger partial charge in [0.05, 0.1) is 18.9 Å². The highest BCUT2D eigenvalue weighted by atomic mass is 32.2. The number of ether oxygens (including phenoxy) is 1. The molecule has 0 saturated carbocycles. The lowest BCUT2D eigenvalue weighted by Crippen LogP contribution is -2.42. The molecule has 118 valence electrons. The fraction of sp³-hybridized carbons (Fsp3) is 0.500. The van der Waals surface area contributed by atoms with Gasteiger partial charge < -0.3 is 15.4 Å². The topological polar surface area (TPSA) is 89.7 Å². The number of hydrogen-bond acceptors (Lipinski definition) is 5. The van der Waals surface area contributed by atoms with Gasteiger partial charge in [-0.25, -0.2) is 8.42 Å². The second-order valence-corrected chi connectivity index (χ2v) is 7.33. The van der Waals surface area contributed by atoms with Crippen molar-refractivity contribution >= 4 is 15.7 Å². The number of nitrogens with two attached hydrogens (primary N) is 1. The van der Waals surface area contributed by atoms with E-state index in [0.717, 1.165) is 17.6 Å². The Balaban J connectivity index is 2.56. The molecule has 1 aromatic rings. The number of nitrogens with zero attached hydrogens (tertiary/aromatic N) is 1. The van der Waals surface area contributed by atoms with Crippen molar-refractivity contribution in [2.24, 2.45) is 5.73 Å². The van der Waals surface area contributed by atoms with Crippen LogP contribution in [-0.2, 0) is 21.2 Å². The van der Waals surface area contributed by atoms with Crippen LogP contribution in [0.1, 0.15) is 12.0 Å². The second kappa shape index (κ2) is 7.42. The number of amides is 1. The molecular formula is C14H22N2O4S. The van der Waals surface area contributed by atoms with E-state index in [1.54, 1.807) is 14.2 Å². The Bertz CT molecular complexity index is 569. The zero-order valence-electron chi connectivity index (χ0n) is 12.6. The van der Waals surface area contributed by atoms with Crippen molar-refractivity contribution in [3.8, 4) is 5.75 Å². The maximum atomic E-state index is 12.1. The van der Waals surface area contributed by atoms with Crippen LogP contribution in [0.4, 0.5) is 0 Å². The van der Waals surface area contributed by atoms with Crippen LogP contribution in [0.15, 0.2) is 24.3 Å². The molecule has 6 nitrogen and oxygen atoms in total. The van der Waals surface area contributed by atoms with Crippen LogP contribution in [-0.4, -0.2) is 51.4 Å². The quantitative estimate of drug-likeness (QED) is 0.787. The summed E-state index contributed by atoms with van der Waals surface area (Å²) < 4.78 is 27.2. The van der Waals surface area contributed by atoms with Crippen molar-refractivity contribution in [3.05, 3.63) is 29.8 Å². The summed E-state index contributed by atoms with van der Waals surface area (Å²) in [6.07, 6.45) is 1.26. The van der Waals surface area contributed by atoms with Crippen LogP contribution in [0.5, 0.6) is 5.75 Å². The number of hydrogen-bond donors (Lipinski definition) is 1. The first kappa shape index (κ1) is 17.5. The minimum Gasteiger partial charge on any atom is -0.497 e. The van der Waals surface area contributed by atoms with Crippen molar-refractivity contribution in [2.75, 3.05) is 26.2 Å². The number of sulfone groups is 1. The van der Waals surface area contributed by atoms with Crippen LogP contribution in [0, 0.1) is 0 Å². The molecule has 1 unspecified atom stereocenters. The summed E-state index contributed by atoms with van der Waals surface area (Å²) >= 11 is 0. The van der Waals surface area contributed by atoms with E-state index < -0.39 is 15.9 Å². The first-order valence-corrected chi connectivity index (χ1v) is 8.60. The Morgan fingerprint density at radius 2 is 1.90 bits per heavy atom. The molecule has 0 aliphatic carbocycles. The van der Waals surface area contributed by atoms with Crippen LogP contribution in [0.2, 0.25) is 0 Å². The number of likely N-dealkylation sites (N-methyl/N-ethyl adjacent to an activating group) is 1. The Kier molecular flexibility index (Phi) is 6.17. The van der Waals surface area contributed by atoms with Crippen LogP contribution in [0.3, 0.4) is 0 Å². The van der Waals surface area contributed by atoms with Gasteiger partial charge in [-0.05, 0) is 24.1 Å². The van der Waals surface area contributed by atoms with E-state index in [1.807, 2.05) is 24.3 Å². The first-order valence-electron chi connectivity index (χ1n) is 6.54. The summed E-state index contributed by atoms with van der Waals surface area (Å²) in [5, 5.41) is 0. The molecule has 1 aromatic carbocycles. The van der Waals surface area contributed by atoms with Gasteiger partial charge in [0.25, 0.3) is 0 Å². The molecule has 1 amide bonds. The molecule has 1 rings (SSSR count).